The number of hydrogen-bond donors (Lipinski definition) is 2. The van der Waals surface area contributed by atoms with E-state index >= 15 is 0 Å². The van der Waals surface area contributed by atoms with Crippen molar-refractivity contribution in [2.75, 3.05) is 5.32 Å². The van der Waals surface area contributed by atoms with E-state index in [2.05, 4.69) is 17.9 Å². The Morgan fingerprint density at radius 1 is 1.05 bits per heavy atom. The van der Waals surface area contributed by atoms with Crippen LogP contribution in [0.5, 0.6) is 0 Å². The predicted molar refractivity (Wildman–Crippen MR) is 88.0 cm³/mol. The molecule has 2 aromatic rings. The van der Waals surface area contributed by atoms with E-state index in [1.165, 1.54) is 0 Å². The highest BCUT2D eigenvalue weighted by atomic mass is 35.5. The minimum absolute atomic E-state index is 0.229. The van der Waals surface area contributed by atoms with Gasteiger partial charge in [-0.3, -0.25) is 4.79 Å². The summed E-state index contributed by atoms with van der Waals surface area (Å²) in [5.41, 5.74) is 1.47. The van der Waals surface area contributed by atoms with Crippen LogP contribution in [0.2, 0.25) is 10.0 Å². The Kier molecular flexibility index (Phi) is 5.35. The van der Waals surface area contributed by atoms with Crippen LogP contribution >= 0.6 is 35.8 Å². The van der Waals surface area contributed by atoms with Gasteiger partial charge in [0.05, 0.1) is 21.0 Å². The van der Waals surface area contributed by atoms with Gasteiger partial charge in [0.1, 0.15) is 0 Å². The van der Waals surface area contributed by atoms with Crippen LogP contribution in [0, 0.1) is 0 Å². The van der Waals surface area contributed by atoms with Crippen LogP contribution in [0.4, 0.5) is 5.69 Å². The molecule has 2 nitrogen and oxygen atoms in total. The standard InChI is InChI=1S/C15H13Cl2NOS/c16-11-7-4-8-12(17)14(11)18-15(19)13(20)9-10-5-2-1-3-6-10/h1-8,13,20H,9H2,(H,18,19). The molecule has 0 spiro atoms. The van der Waals surface area contributed by atoms with Crippen molar-refractivity contribution in [1.82, 2.24) is 0 Å². The minimum Gasteiger partial charge on any atom is -0.323 e. The lowest BCUT2D eigenvalue weighted by molar-refractivity contribution is -0.115. The van der Waals surface area contributed by atoms with Crippen molar-refractivity contribution in [2.45, 2.75) is 11.7 Å². The number of carbonyl (C=O) groups is 1. The summed E-state index contributed by atoms with van der Waals surface area (Å²) in [7, 11) is 0. The number of carbonyl (C=O) groups excluding carboxylic acids is 1. The number of hydrogen-bond acceptors (Lipinski definition) is 2. The maximum absolute atomic E-state index is 12.1. The van der Waals surface area contributed by atoms with Crippen LogP contribution in [0.3, 0.4) is 0 Å². The van der Waals surface area contributed by atoms with Gasteiger partial charge >= 0.3 is 0 Å². The molecule has 0 aliphatic heterocycles. The van der Waals surface area contributed by atoms with Gasteiger partial charge in [-0.05, 0) is 24.1 Å². The van der Waals surface area contributed by atoms with Gasteiger partial charge in [-0.2, -0.15) is 12.6 Å². The summed E-state index contributed by atoms with van der Waals surface area (Å²) in [5, 5.41) is 3.07. The third-order valence-corrected chi connectivity index (χ3v) is 3.83. The van der Waals surface area contributed by atoms with Crippen LogP contribution < -0.4 is 5.32 Å². The molecule has 0 saturated heterocycles. The van der Waals surface area contributed by atoms with Gasteiger partial charge in [0, 0.05) is 0 Å². The molecule has 2 rings (SSSR count). The van der Waals surface area contributed by atoms with Gasteiger partial charge in [0.2, 0.25) is 5.91 Å². The third kappa shape index (κ3) is 3.92. The number of amides is 1. The van der Waals surface area contributed by atoms with Crippen LogP contribution in [-0.4, -0.2) is 11.2 Å². The highest BCUT2D eigenvalue weighted by Crippen LogP contribution is 2.30. The number of anilines is 1. The van der Waals surface area contributed by atoms with Crippen molar-refractivity contribution in [1.29, 1.82) is 0 Å². The number of benzene rings is 2. The molecular weight excluding hydrogens is 313 g/mol. The molecule has 104 valence electrons. The Hall–Kier alpha value is -1.16. The zero-order valence-corrected chi connectivity index (χ0v) is 12.9. The molecule has 0 saturated carbocycles. The Bertz CT molecular complexity index is 584. The molecule has 0 aromatic heterocycles. The zero-order chi connectivity index (χ0) is 14.5. The van der Waals surface area contributed by atoms with E-state index in [4.69, 9.17) is 23.2 Å². The Labute approximate surface area is 133 Å². The summed E-state index contributed by atoms with van der Waals surface area (Å²) in [5.74, 6) is -0.229. The Morgan fingerprint density at radius 3 is 2.25 bits per heavy atom. The average molecular weight is 326 g/mol. The topological polar surface area (TPSA) is 29.1 Å². The van der Waals surface area contributed by atoms with Crippen molar-refractivity contribution in [2.24, 2.45) is 0 Å². The molecule has 1 atom stereocenters. The number of halogens is 2. The van der Waals surface area contributed by atoms with Crippen molar-refractivity contribution >= 4 is 47.4 Å². The highest BCUT2D eigenvalue weighted by molar-refractivity contribution is 7.81. The number of rotatable bonds is 4. The molecular formula is C15H13Cl2NOS. The second kappa shape index (κ2) is 7.02. The molecule has 0 radical (unpaired) electrons. The van der Waals surface area contributed by atoms with E-state index in [0.29, 0.717) is 22.2 Å². The molecule has 0 bridgehead atoms. The summed E-state index contributed by atoms with van der Waals surface area (Å²) in [6, 6.07) is 14.8. The molecule has 2 aromatic carbocycles. The summed E-state index contributed by atoms with van der Waals surface area (Å²) >= 11 is 16.4. The van der Waals surface area contributed by atoms with Gasteiger partial charge in [0.15, 0.2) is 0 Å². The van der Waals surface area contributed by atoms with E-state index in [9.17, 15) is 4.79 Å². The van der Waals surface area contributed by atoms with Crippen LogP contribution in [0.25, 0.3) is 0 Å². The number of thiol groups is 1. The summed E-state index contributed by atoms with van der Waals surface area (Å²) < 4.78 is 0. The molecule has 5 heteroatoms. The van der Waals surface area contributed by atoms with Gasteiger partial charge < -0.3 is 5.32 Å². The normalized spacial score (nSPS) is 11.9. The predicted octanol–water partition coefficient (Wildman–Crippen LogP) is 4.47. The van der Waals surface area contributed by atoms with Crippen molar-refractivity contribution in [3.05, 3.63) is 64.1 Å². The lowest BCUT2D eigenvalue weighted by Crippen LogP contribution is -2.25. The molecule has 0 aliphatic rings. The SMILES string of the molecule is O=C(Nc1c(Cl)cccc1Cl)C(S)Cc1ccccc1. The lowest BCUT2D eigenvalue weighted by Gasteiger charge is -2.13. The average Bonchev–Trinajstić information content (AvgIpc) is 2.44. The minimum atomic E-state index is -0.468. The second-order valence-electron chi connectivity index (χ2n) is 4.29. The van der Waals surface area contributed by atoms with E-state index in [-0.39, 0.29) is 5.91 Å². The largest absolute Gasteiger partial charge is 0.323 e. The van der Waals surface area contributed by atoms with Crippen molar-refractivity contribution in [3.8, 4) is 0 Å². The first-order valence-electron chi connectivity index (χ1n) is 6.05. The summed E-state index contributed by atoms with van der Waals surface area (Å²) in [4.78, 5) is 12.1. The van der Waals surface area contributed by atoms with E-state index in [0.717, 1.165) is 5.56 Å². The molecule has 1 unspecified atom stereocenters. The maximum atomic E-state index is 12.1. The highest BCUT2D eigenvalue weighted by Gasteiger charge is 2.17. The second-order valence-corrected chi connectivity index (χ2v) is 5.73. The van der Waals surface area contributed by atoms with Crippen LogP contribution in [0.15, 0.2) is 48.5 Å². The monoisotopic (exact) mass is 325 g/mol. The quantitative estimate of drug-likeness (QED) is 0.798. The third-order valence-electron chi connectivity index (χ3n) is 2.79. The van der Waals surface area contributed by atoms with Gasteiger partial charge in [-0.15, -0.1) is 0 Å². The lowest BCUT2D eigenvalue weighted by atomic mass is 10.1. The fourth-order valence-electron chi connectivity index (χ4n) is 1.75. The fourth-order valence-corrected chi connectivity index (χ4v) is 2.52. The van der Waals surface area contributed by atoms with Crippen LogP contribution in [-0.2, 0) is 11.2 Å². The molecule has 1 amide bonds. The molecule has 0 heterocycles. The summed E-state index contributed by atoms with van der Waals surface area (Å²) in [6.45, 7) is 0. The first-order valence-corrected chi connectivity index (χ1v) is 7.32. The molecule has 0 aliphatic carbocycles. The van der Waals surface area contributed by atoms with Crippen LogP contribution in [0.1, 0.15) is 5.56 Å². The van der Waals surface area contributed by atoms with Gasteiger partial charge in [-0.1, -0.05) is 59.6 Å². The van der Waals surface area contributed by atoms with E-state index < -0.39 is 5.25 Å². The Balaban J connectivity index is 2.05. The van der Waals surface area contributed by atoms with Crippen molar-refractivity contribution < 1.29 is 4.79 Å². The van der Waals surface area contributed by atoms with Gasteiger partial charge in [-0.25, -0.2) is 0 Å². The fraction of sp³-hybridized carbons (Fsp3) is 0.133. The first kappa shape index (κ1) is 15.2. The molecule has 1 N–H and O–H groups in total. The van der Waals surface area contributed by atoms with Crippen molar-refractivity contribution in [3.63, 3.8) is 0 Å². The molecule has 20 heavy (non-hydrogen) atoms. The molecule has 0 fully saturated rings. The van der Waals surface area contributed by atoms with E-state index in [1.807, 2.05) is 30.3 Å². The first-order chi connectivity index (χ1) is 9.58. The number of para-hydroxylation sites is 1. The van der Waals surface area contributed by atoms with E-state index in [1.54, 1.807) is 18.2 Å². The zero-order valence-electron chi connectivity index (χ0n) is 10.5. The maximum Gasteiger partial charge on any atom is 0.237 e. The van der Waals surface area contributed by atoms with Gasteiger partial charge in [0.25, 0.3) is 0 Å². The Morgan fingerprint density at radius 2 is 1.65 bits per heavy atom. The summed E-state index contributed by atoms with van der Waals surface area (Å²) in [6.07, 6.45) is 0.540. The number of nitrogens with one attached hydrogen (secondary N) is 1. The smallest absolute Gasteiger partial charge is 0.237 e.